The molecule has 0 saturated heterocycles. The molecule has 5 heteroatoms. The van der Waals surface area contributed by atoms with E-state index in [1.165, 1.54) is 16.7 Å². The molecule has 1 aliphatic rings. The number of rotatable bonds is 11. The first-order chi connectivity index (χ1) is 11.6. The molecular formula is C19H31IN2O2. The van der Waals surface area contributed by atoms with Crippen LogP contribution in [0.3, 0.4) is 0 Å². The van der Waals surface area contributed by atoms with Gasteiger partial charge in [-0.1, -0.05) is 54.6 Å². The van der Waals surface area contributed by atoms with Crippen molar-refractivity contribution in [1.29, 1.82) is 0 Å². The summed E-state index contributed by atoms with van der Waals surface area (Å²) in [7, 11) is 0. The Bertz CT molecular complexity index is 494. The quantitative estimate of drug-likeness (QED) is 0.244. The second-order valence-electron chi connectivity index (χ2n) is 6.69. The van der Waals surface area contributed by atoms with Crippen molar-refractivity contribution in [2.75, 3.05) is 39.5 Å². The van der Waals surface area contributed by atoms with Crippen LogP contribution in [0, 0.1) is 0 Å². The molecule has 0 fully saturated rings. The average molecular weight is 446 g/mol. The van der Waals surface area contributed by atoms with Crippen LogP contribution in [-0.2, 0) is 22.6 Å². The molecule has 0 aliphatic carbocycles. The number of fused-ring (bicyclic) bond motifs is 1. The van der Waals surface area contributed by atoms with Gasteiger partial charge in [0.25, 0.3) is 0 Å². The van der Waals surface area contributed by atoms with E-state index in [4.69, 9.17) is 9.47 Å². The lowest BCUT2D eigenvalue weighted by Gasteiger charge is -2.14. The third-order valence-electron chi connectivity index (χ3n) is 4.28. The van der Waals surface area contributed by atoms with Gasteiger partial charge in [-0.25, -0.2) is 0 Å². The van der Waals surface area contributed by atoms with E-state index in [0.717, 1.165) is 39.4 Å². The third-order valence-corrected chi connectivity index (χ3v) is 4.72. The van der Waals surface area contributed by atoms with Crippen molar-refractivity contribution in [2.45, 2.75) is 43.8 Å². The van der Waals surface area contributed by atoms with Gasteiger partial charge in [-0.2, -0.15) is 0 Å². The van der Waals surface area contributed by atoms with Crippen LogP contribution in [-0.4, -0.2) is 48.5 Å². The number of hydrogen-bond acceptors (Lipinski definition) is 4. The lowest BCUT2D eigenvalue weighted by molar-refractivity contribution is 0.0392. The van der Waals surface area contributed by atoms with Gasteiger partial charge in [-0.05, 0) is 29.5 Å². The molecular weight excluding hydrogens is 415 g/mol. The van der Waals surface area contributed by atoms with Gasteiger partial charge >= 0.3 is 0 Å². The van der Waals surface area contributed by atoms with Gasteiger partial charge in [0.05, 0.1) is 30.5 Å². The number of ether oxygens (including phenoxy) is 2. The molecule has 1 aliphatic heterocycles. The van der Waals surface area contributed by atoms with Gasteiger partial charge < -0.3 is 14.8 Å². The molecule has 0 saturated carbocycles. The van der Waals surface area contributed by atoms with Crippen LogP contribution in [0.2, 0.25) is 0 Å². The maximum atomic E-state index is 5.70. The number of halogens is 1. The molecule has 1 aromatic carbocycles. The zero-order valence-electron chi connectivity index (χ0n) is 15.2. The number of benzene rings is 1. The van der Waals surface area contributed by atoms with Crippen molar-refractivity contribution in [3.63, 3.8) is 0 Å². The SMILES string of the molecule is CC(I)NCCOCCOCCN1Cc2ccc(C(C)C)cc2C1. The Morgan fingerprint density at radius 2 is 1.75 bits per heavy atom. The van der Waals surface area contributed by atoms with Crippen molar-refractivity contribution in [3.8, 4) is 0 Å². The summed E-state index contributed by atoms with van der Waals surface area (Å²) in [5, 5.41) is 3.32. The van der Waals surface area contributed by atoms with Crippen molar-refractivity contribution >= 4 is 22.6 Å². The predicted octanol–water partition coefficient (Wildman–Crippen LogP) is 3.53. The van der Waals surface area contributed by atoms with Gasteiger partial charge in [0.1, 0.15) is 0 Å². The summed E-state index contributed by atoms with van der Waals surface area (Å²) in [6.45, 7) is 13.5. The van der Waals surface area contributed by atoms with Crippen LogP contribution in [0.15, 0.2) is 18.2 Å². The Kier molecular flexibility index (Phi) is 8.97. The van der Waals surface area contributed by atoms with E-state index < -0.39 is 0 Å². The summed E-state index contributed by atoms with van der Waals surface area (Å²) in [4.78, 5) is 2.46. The van der Waals surface area contributed by atoms with Crippen LogP contribution in [0.4, 0.5) is 0 Å². The Morgan fingerprint density at radius 1 is 1.04 bits per heavy atom. The molecule has 1 heterocycles. The first-order valence-electron chi connectivity index (χ1n) is 8.93. The maximum Gasteiger partial charge on any atom is 0.0701 e. The molecule has 1 atom stereocenters. The summed E-state index contributed by atoms with van der Waals surface area (Å²) in [6.07, 6.45) is 0. The van der Waals surface area contributed by atoms with Gasteiger partial charge in [0.2, 0.25) is 0 Å². The molecule has 24 heavy (non-hydrogen) atoms. The fourth-order valence-corrected chi connectivity index (χ4v) is 3.16. The van der Waals surface area contributed by atoms with E-state index in [1.807, 2.05) is 0 Å². The fourth-order valence-electron chi connectivity index (χ4n) is 2.85. The van der Waals surface area contributed by atoms with Crippen molar-refractivity contribution in [2.24, 2.45) is 0 Å². The Balaban J connectivity index is 1.53. The van der Waals surface area contributed by atoms with E-state index in [2.05, 4.69) is 71.8 Å². The summed E-state index contributed by atoms with van der Waals surface area (Å²) >= 11 is 2.35. The molecule has 1 unspecified atom stereocenters. The standard InChI is InChI=1S/C19H31IN2O2/c1-15(2)17-4-5-18-13-22(14-19(18)12-17)7-9-24-11-10-23-8-6-21-16(3)20/h4-5,12,15-16,21H,6-11,13-14H2,1-3H3. The smallest absolute Gasteiger partial charge is 0.0701 e. The minimum atomic E-state index is 0.489. The zero-order chi connectivity index (χ0) is 17.4. The van der Waals surface area contributed by atoms with Crippen molar-refractivity contribution in [1.82, 2.24) is 10.2 Å². The topological polar surface area (TPSA) is 33.7 Å². The van der Waals surface area contributed by atoms with Gasteiger partial charge in [-0.3, -0.25) is 4.90 Å². The molecule has 2 rings (SSSR count). The van der Waals surface area contributed by atoms with E-state index in [1.54, 1.807) is 0 Å². The van der Waals surface area contributed by atoms with Crippen LogP contribution >= 0.6 is 22.6 Å². The van der Waals surface area contributed by atoms with E-state index >= 15 is 0 Å². The minimum Gasteiger partial charge on any atom is -0.378 e. The molecule has 0 radical (unpaired) electrons. The second-order valence-corrected chi connectivity index (χ2v) is 8.56. The van der Waals surface area contributed by atoms with Crippen LogP contribution in [0.25, 0.3) is 0 Å². The molecule has 136 valence electrons. The largest absolute Gasteiger partial charge is 0.378 e. The summed E-state index contributed by atoms with van der Waals surface area (Å²) < 4.78 is 11.7. The second kappa shape index (κ2) is 10.7. The summed E-state index contributed by atoms with van der Waals surface area (Å²) in [5.74, 6) is 0.600. The molecule has 1 N–H and O–H groups in total. The summed E-state index contributed by atoms with van der Waals surface area (Å²) in [5.41, 5.74) is 4.40. The molecule has 0 spiro atoms. The zero-order valence-corrected chi connectivity index (χ0v) is 17.3. The Morgan fingerprint density at radius 3 is 2.46 bits per heavy atom. The predicted molar refractivity (Wildman–Crippen MR) is 108 cm³/mol. The van der Waals surface area contributed by atoms with Crippen LogP contribution < -0.4 is 5.32 Å². The first-order valence-corrected chi connectivity index (χ1v) is 10.2. The van der Waals surface area contributed by atoms with Crippen molar-refractivity contribution in [3.05, 3.63) is 34.9 Å². The highest BCUT2D eigenvalue weighted by molar-refractivity contribution is 14.1. The van der Waals surface area contributed by atoms with E-state index in [9.17, 15) is 0 Å². The van der Waals surface area contributed by atoms with E-state index in [0.29, 0.717) is 23.2 Å². The highest BCUT2D eigenvalue weighted by atomic mass is 127. The van der Waals surface area contributed by atoms with Gasteiger partial charge in [0, 0.05) is 26.2 Å². The number of nitrogens with zero attached hydrogens (tertiary/aromatic N) is 1. The van der Waals surface area contributed by atoms with Crippen LogP contribution in [0.5, 0.6) is 0 Å². The number of nitrogens with one attached hydrogen (secondary N) is 1. The molecule has 4 nitrogen and oxygen atoms in total. The molecule has 0 aromatic heterocycles. The van der Waals surface area contributed by atoms with E-state index in [-0.39, 0.29) is 0 Å². The minimum absolute atomic E-state index is 0.489. The first kappa shape index (κ1) is 20.1. The highest BCUT2D eigenvalue weighted by Crippen LogP contribution is 2.26. The monoisotopic (exact) mass is 446 g/mol. The lowest BCUT2D eigenvalue weighted by atomic mass is 9.99. The highest BCUT2D eigenvalue weighted by Gasteiger charge is 2.19. The van der Waals surface area contributed by atoms with Crippen molar-refractivity contribution < 1.29 is 9.47 Å². The molecule has 0 bridgehead atoms. The Hall–Kier alpha value is -0.210. The fraction of sp³-hybridized carbons (Fsp3) is 0.684. The van der Waals surface area contributed by atoms with Gasteiger partial charge in [0.15, 0.2) is 0 Å². The number of hydrogen-bond donors (Lipinski definition) is 1. The lowest BCUT2D eigenvalue weighted by Crippen LogP contribution is -2.25. The average Bonchev–Trinajstić information content (AvgIpc) is 2.94. The number of alkyl halides is 1. The Labute approximate surface area is 160 Å². The normalized spacial score (nSPS) is 15.9. The maximum absolute atomic E-state index is 5.70. The van der Waals surface area contributed by atoms with Crippen LogP contribution in [0.1, 0.15) is 43.4 Å². The van der Waals surface area contributed by atoms with Gasteiger partial charge in [-0.15, -0.1) is 0 Å². The third kappa shape index (κ3) is 6.96. The molecule has 1 aromatic rings. The summed E-state index contributed by atoms with van der Waals surface area (Å²) in [6, 6.07) is 6.94. The molecule has 0 amide bonds.